The lowest BCUT2D eigenvalue weighted by atomic mass is 9.96. The molecule has 0 fully saturated rings. The molecule has 0 bridgehead atoms. The number of Topliss-reactive ketones (excluding diaryl/α,β-unsaturated/α-hetero) is 1. The molecule has 1 unspecified atom stereocenters. The van der Waals surface area contributed by atoms with Crippen LogP contribution in [0, 0.1) is 5.92 Å². The zero-order valence-electron chi connectivity index (χ0n) is 12.9. The molecule has 0 aliphatic heterocycles. The van der Waals surface area contributed by atoms with Gasteiger partial charge in [-0.15, -0.1) is 0 Å². The fourth-order valence-corrected chi connectivity index (χ4v) is 5.52. The second kappa shape index (κ2) is 5.92. The molecule has 0 amide bonds. The summed E-state index contributed by atoms with van der Waals surface area (Å²) in [5.74, 6) is 0.348. The lowest BCUT2D eigenvalue weighted by Gasteiger charge is -2.32. The summed E-state index contributed by atoms with van der Waals surface area (Å²) in [7, 11) is -1.51. The maximum atomic E-state index is 12.0. The Morgan fingerprint density at radius 1 is 1.20 bits per heavy atom. The second-order valence-electron chi connectivity index (χ2n) is 6.47. The van der Waals surface area contributed by atoms with Gasteiger partial charge < -0.3 is 0 Å². The number of hydrogen-bond acceptors (Lipinski definition) is 1. The lowest BCUT2D eigenvalue weighted by Crippen LogP contribution is -2.45. The normalized spacial score (nSPS) is 19.1. The van der Waals surface area contributed by atoms with Crippen LogP contribution in [0.4, 0.5) is 0 Å². The summed E-state index contributed by atoms with van der Waals surface area (Å²) in [4.78, 5) is 12.0. The van der Waals surface area contributed by atoms with Crippen molar-refractivity contribution in [2.24, 2.45) is 5.92 Å². The Balaban J connectivity index is 2.15. The molecule has 0 N–H and O–H groups in total. The highest BCUT2D eigenvalue weighted by atomic mass is 28.3. The average molecular weight is 284 g/mol. The van der Waals surface area contributed by atoms with Gasteiger partial charge in [0.1, 0.15) is 0 Å². The van der Waals surface area contributed by atoms with E-state index in [0.29, 0.717) is 5.54 Å². The minimum absolute atomic E-state index is 0.0850. The summed E-state index contributed by atoms with van der Waals surface area (Å²) < 4.78 is 0. The molecule has 0 saturated carbocycles. The third-order valence-electron chi connectivity index (χ3n) is 4.35. The summed E-state index contributed by atoms with van der Waals surface area (Å²) >= 11 is 0. The largest absolute Gasteiger partial charge is 0.294 e. The summed E-state index contributed by atoms with van der Waals surface area (Å²) in [6, 6.07) is 10.8. The van der Waals surface area contributed by atoms with Gasteiger partial charge in [-0.25, -0.2) is 0 Å². The minimum Gasteiger partial charge on any atom is -0.294 e. The Morgan fingerprint density at radius 3 is 2.35 bits per heavy atom. The summed E-state index contributed by atoms with van der Waals surface area (Å²) in [5.41, 5.74) is 1.47. The molecule has 106 valence electrons. The van der Waals surface area contributed by atoms with Crippen LogP contribution in [0.1, 0.15) is 20.3 Å². The highest BCUT2D eigenvalue weighted by Gasteiger charge is 2.32. The van der Waals surface area contributed by atoms with Gasteiger partial charge in [0.2, 0.25) is 0 Å². The first kappa shape index (κ1) is 15.0. The van der Waals surface area contributed by atoms with E-state index in [9.17, 15) is 4.79 Å². The minimum atomic E-state index is -1.51. The molecule has 0 aromatic heterocycles. The highest BCUT2D eigenvalue weighted by molar-refractivity contribution is 6.91. The van der Waals surface area contributed by atoms with E-state index in [1.54, 1.807) is 0 Å². The first-order chi connectivity index (χ1) is 9.43. The van der Waals surface area contributed by atoms with Crippen molar-refractivity contribution in [1.82, 2.24) is 0 Å². The van der Waals surface area contributed by atoms with Gasteiger partial charge >= 0.3 is 0 Å². The zero-order chi connectivity index (χ0) is 14.8. The molecule has 1 aliphatic carbocycles. The molecule has 0 spiro atoms. The molecule has 20 heavy (non-hydrogen) atoms. The van der Waals surface area contributed by atoms with Crippen molar-refractivity contribution in [2.45, 2.75) is 38.9 Å². The van der Waals surface area contributed by atoms with E-state index in [1.807, 2.05) is 19.9 Å². The molecule has 2 heteroatoms. The Bertz CT molecular complexity index is 538. The van der Waals surface area contributed by atoms with Crippen molar-refractivity contribution in [3.63, 3.8) is 0 Å². The van der Waals surface area contributed by atoms with E-state index in [-0.39, 0.29) is 11.7 Å². The van der Waals surface area contributed by atoms with Gasteiger partial charge in [-0.05, 0) is 12.0 Å². The zero-order valence-corrected chi connectivity index (χ0v) is 13.9. The summed E-state index contributed by atoms with van der Waals surface area (Å²) in [6.07, 6.45) is 7.46. The highest BCUT2D eigenvalue weighted by Crippen LogP contribution is 2.32. The molecule has 1 aromatic carbocycles. The monoisotopic (exact) mass is 284 g/mol. The Labute approximate surface area is 123 Å². The van der Waals surface area contributed by atoms with E-state index in [4.69, 9.17) is 0 Å². The summed E-state index contributed by atoms with van der Waals surface area (Å²) in [5, 5.41) is 1.49. The van der Waals surface area contributed by atoms with Crippen molar-refractivity contribution in [1.29, 1.82) is 0 Å². The SMILES string of the molecule is CC(C)C(=O)C1=CCC([Si](C)(C)c2ccccc2)C=C1. The molecule has 1 aliphatic rings. The molecule has 1 nitrogen and oxygen atoms in total. The van der Waals surface area contributed by atoms with Crippen LogP contribution in [-0.4, -0.2) is 13.9 Å². The smallest absolute Gasteiger partial charge is 0.165 e. The van der Waals surface area contributed by atoms with Gasteiger partial charge in [0, 0.05) is 11.5 Å². The fraction of sp³-hybridized carbons (Fsp3) is 0.389. The first-order valence-corrected chi connectivity index (χ1v) is 10.5. The number of rotatable bonds is 4. The predicted octanol–water partition coefficient (Wildman–Crippen LogP) is 4.08. The van der Waals surface area contributed by atoms with E-state index in [0.717, 1.165) is 12.0 Å². The van der Waals surface area contributed by atoms with E-state index in [1.165, 1.54) is 5.19 Å². The molecule has 0 heterocycles. The number of carbonyl (C=O) groups is 1. The van der Waals surface area contributed by atoms with E-state index >= 15 is 0 Å². The first-order valence-electron chi connectivity index (χ1n) is 7.41. The topological polar surface area (TPSA) is 17.1 Å². The number of hydrogen-bond donors (Lipinski definition) is 0. The van der Waals surface area contributed by atoms with Gasteiger partial charge in [0.25, 0.3) is 0 Å². The van der Waals surface area contributed by atoms with Crippen LogP contribution in [-0.2, 0) is 4.79 Å². The van der Waals surface area contributed by atoms with Crippen LogP contribution in [0.2, 0.25) is 18.6 Å². The quantitative estimate of drug-likeness (QED) is 0.761. The molecule has 1 atom stereocenters. The third-order valence-corrected chi connectivity index (χ3v) is 8.46. The lowest BCUT2D eigenvalue weighted by molar-refractivity contribution is -0.117. The molecule has 0 saturated heterocycles. The van der Waals surface area contributed by atoms with Crippen molar-refractivity contribution < 1.29 is 4.79 Å². The molecular weight excluding hydrogens is 260 g/mol. The predicted molar refractivity (Wildman–Crippen MR) is 89.0 cm³/mol. The van der Waals surface area contributed by atoms with Gasteiger partial charge in [-0.2, -0.15) is 0 Å². The Kier molecular flexibility index (Phi) is 4.44. The average Bonchev–Trinajstić information content (AvgIpc) is 2.47. The van der Waals surface area contributed by atoms with Crippen molar-refractivity contribution in [3.05, 3.63) is 54.1 Å². The second-order valence-corrected chi connectivity index (χ2v) is 11.2. The number of allylic oxidation sites excluding steroid dienone is 4. The van der Waals surface area contributed by atoms with Gasteiger partial charge in [0.15, 0.2) is 5.78 Å². The number of carbonyl (C=O) groups excluding carboxylic acids is 1. The van der Waals surface area contributed by atoms with Crippen molar-refractivity contribution in [3.8, 4) is 0 Å². The van der Waals surface area contributed by atoms with E-state index in [2.05, 4.69) is 55.6 Å². The maximum Gasteiger partial charge on any atom is 0.165 e. The standard InChI is InChI=1S/C18H24OSi/c1-14(2)18(19)15-10-12-17(13-11-15)20(3,4)16-8-6-5-7-9-16/h5-12,14,17H,13H2,1-4H3. The fourth-order valence-electron chi connectivity index (χ4n) is 2.75. The van der Waals surface area contributed by atoms with Crippen LogP contribution in [0.5, 0.6) is 0 Å². The van der Waals surface area contributed by atoms with Crippen LogP contribution in [0.3, 0.4) is 0 Å². The van der Waals surface area contributed by atoms with Crippen molar-refractivity contribution in [2.75, 3.05) is 0 Å². The molecular formula is C18H24OSi. The van der Waals surface area contributed by atoms with Gasteiger partial charge in [-0.1, -0.05) is 80.7 Å². The van der Waals surface area contributed by atoms with Gasteiger partial charge in [-0.3, -0.25) is 4.79 Å². The van der Waals surface area contributed by atoms with Crippen LogP contribution in [0.25, 0.3) is 0 Å². The van der Waals surface area contributed by atoms with Crippen LogP contribution < -0.4 is 5.19 Å². The van der Waals surface area contributed by atoms with Crippen molar-refractivity contribution >= 4 is 19.0 Å². The molecule has 1 aromatic rings. The summed E-state index contributed by atoms with van der Waals surface area (Å²) in [6.45, 7) is 8.76. The van der Waals surface area contributed by atoms with Crippen LogP contribution >= 0.6 is 0 Å². The van der Waals surface area contributed by atoms with Crippen LogP contribution in [0.15, 0.2) is 54.1 Å². The Morgan fingerprint density at radius 2 is 1.85 bits per heavy atom. The maximum absolute atomic E-state index is 12.0. The molecule has 2 rings (SSSR count). The Hall–Kier alpha value is -1.41. The number of ketones is 1. The van der Waals surface area contributed by atoms with Gasteiger partial charge in [0.05, 0.1) is 8.07 Å². The molecule has 0 radical (unpaired) electrons. The number of benzene rings is 1. The third kappa shape index (κ3) is 3.01. The van der Waals surface area contributed by atoms with E-state index < -0.39 is 8.07 Å².